The summed E-state index contributed by atoms with van der Waals surface area (Å²) in [5.74, 6) is -1.46. The summed E-state index contributed by atoms with van der Waals surface area (Å²) in [7, 11) is 0. The van der Waals surface area contributed by atoms with Gasteiger partial charge in [-0.25, -0.2) is 4.68 Å². The highest BCUT2D eigenvalue weighted by Gasteiger charge is 2.17. The van der Waals surface area contributed by atoms with E-state index in [2.05, 4.69) is 21.3 Å². The molecule has 0 fully saturated rings. The van der Waals surface area contributed by atoms with Gasteiger partial charge in [0.1, 0.15) is 0 Å². The fourth-order valence-electron chi connectivity index (χ4n) is 3.51. The Morgan fingerprint density at radius 3 is 2.03 bits per heavy atom. The number of nitrogens with one attached hydrogen (secondary N) is 3. The SMILES string of the molecule is CCCn1nc(C(=O)NNC(=O)c2ccc(NC(=O)c3ccccc3)cc2)c2ccccc2c1=O. The molecule has 3 amide bonds. The zero-order chi connectivity index (χ0) is 24.8. The summed E-state index contributed by atoms with van der Waals surface area (Å²) in [6.45, 7) is 2.27. The van der Waals surface area contributed by atoms with Gasteiger partial charge in [0, 0.05) is 28.7 Å². The van der Waals surface area contributed by atoms with Crippen LogP contribution in [0.5, 0.6) is 0 Å². The molecule has 0 bridgehead atoms. The number of fused-ring (bicyclic) bond motifs is 1. The average molecular weight is 470 g/mol. The van der Waals surface area contributed by atoms with Gasteiger partial charge in [-0.15, -0.1) is 0 Å². The number of carbonyl (C=O) groups is 3. The first-order valence-electron chi connectivity index (χ1n) is 11.0. The van der Waals surface area contributed by atoms with Crippen molar-refractivity contribution in [1.82, 2.24) is 20.6 Å². The summed E-state index contributed by atoms with van der Waals surface area (Å²) in [4.78, 5) is 50.2. The van der Waals surface area contributed by atoms with Crippen LogP contribution in [0.4, 0.5) is 5.69 Å². The lowest BCUT2D eigenvalue weighted by atomic mass is 10.1. The van der Waals surface area contributed by atoms with E-state index in [0.29, 0.717) is 35.0 Å². The molecule has 0 spiro atoms. The maximum absolute atomic E-state index is 12.8. The van der Waals surface area contributed by atoms with E-state index in [0.717, 1.165) is 0 Å². The van der Waals surface area contributed by atoms with Crippen LogP contribution in [0.15, 0.2) is 83.7 Å². The second-order valence-electron chi connectivity index (χ2n) is 7.73. The first-order valence-corrected chi connectivity index (χ1v) is 11.0. The fourth-order valence-corrected chi connectivity index (χ4v) is 3.51. The summed E-state index contributed by atoms with van der Waals surface area (Å²) < 4.78 is 1.25. The van der Waals surface area contributed by atoms with E-state index in [9.17, 15) is 19.2 Å². The Morgan fingerprint density at radius 1 is 0.743 bits per heavy atom. The fraction of sp³-hybridized carbons (Fsp3) is 0.115. The highest BCUT2D eigenvalue weighted by Crippen LogP contribution is 2.14. The van der Waals surface area contributed by atoms with Gasteiger partial charge in [0.15, 0.2) is 5.69 Å². The van der Waals surface area contributed by atoms with Crippen molar-refractivity contribution >= 4 is 34.2 Å². The number of hydrogen-bond donors (Lipinski definition) is 3. The van der Waals surface area contributed by atoms with Crippen molar-refractivity contribution in [3.63, 3.8) is 0 Å². The quantitative estimate of drug-likeness (QED) is 0.375. The predicted molar refractivity (Wildman–Crippen MR) is 132 cm³/mol. The molecule has 176 valence electrons. The number of hydrazine groups is 1. The molecule has 1 aromatic heterocycles. The third-order valence-electron chi connectivity index (χ3n) is 5.25. The Hall–Kier alpha value is -4.79. The molecule has 1 heterocycles. The Labute approximate surface area is 200 Å². The van der Waals surface area contributed by atoms with Gasteiger partial charge in [-0.2, -0.15) is 5.10 Å². The normalized spacial score (nSPS) is 10.5. The largest absolute Gasteiger partial charge is 0.322 e. The highest BCUT2D eigenvalue weighted by atomic mass is 16.2. The second kappa shape index (κ2) is 10.4. The first-order chi connectivity index (χ1) is 17.0. The maximum atomic E-state index is 12.8. The number of anilines is 1. The number of hydrogen-bond acceptors (Lipinski definition) is 5. The highest BCUT2D eigenvalue weighted by molar-refractivity contribution is 6.06. The van der Waals surface area contributed by atoms with Crippen molar-refractivity contribution in [2.75, 3.05) is 5.32 Å². The molecule has 3 N–H and O–H groups in total. The van der Waals surface area contributed by atoms with E-state index in [4.69, 9.17) is 0 Å². The number of amides is 3. The van der Waals surface area contributed by atoms with Crippen molar-refractivity contribution in [1.29, 1.82) is 0 Å². The Morgan fingerprint density at radius 2 is 1.34 bits per heavy atom. The molecule has 4 aromatic rings. The minimum atomic E-state index is -0.647. The lowest BCUT2D eigenvalue weighted by Gasteiger charge is -2.12. The van der Waals surface area contributed by atoms with Crippen molar-refractivity contribution < 1.29 is 14.4 Å². The molecular weight excluding hydrogens is 446 g/mol. The van der Waals surface area contributed by atoms with Crippen LogP contribution in [0.2, 0.25) is 0 Å². The van der Waals surface area contributed by atoms with Crippen molar-refractivity contribution in [2.24, 2.45) is 0 Å². The van der Waals surface area contributed by atoms with Gasteiger partial charge in [0.25, 0.3) is 23.3 Å². The zero-order valence-corrected chi connectivity index (χ0v) is 18.9. The van der Waals surface area contributed by atoms with Crippen LogP contribution in [0.25, 0.3) is 10.8 Å². The summed E-state index contributed by atoms with van der Waals surface area (Å²) in [5.41, 5.74) is 5.79. The van der Waals surface area contributed by atoms with Gasteiger partial charge in [-0.3, -0.25) is 30.0 Å². The molecule has 9 nitrogen and oxygen atoms in total. The van der Waals surface area contributed by atoms with Gasteiger partial charge in [-0.1, -0.05) is 43.3 Å². The van der Waals surface area contributed by atoms with Crippen LogP contribution in [-0.2, 0) is 6.54 Å². The standard InChI is InChI=1S/C26H23N5O4/c1-2-16-31-26(35)21-11-7-6-10-20(21)22(30-31)25(34)29-28-24(33)18-12-14-19(15-13-18)27-23(32)17-8-4-3-5-9-17/h3-15H,2,16H2,1H3,(H,27,32)(H,28,33)(H,29,34). The maximum Gasteiger partial charge on any atom is 0.290 e. The molecule has 0 atom stereocenters. The smallest absolute Gasteiger partial charge is 0.290 e. The number of nitrogens with zero attached hydrogens (tertiary/aromatic N) is 2. The molecule has 3 aromatic carbocycles. The number of aromatic nitrogens is 2. The van der Waals surface area contributed by atoms with Gasteiger partial charge in [-0.05, 0) is 48.9 Å². The molecular formula is C26H23N5O4. The average Bonchev–Trinajstić information content (AvgIpc) is 2.89. The van der Waals surface area contributed by atoms with E-state index < -0.39 is 11.8 Å². The van der Waals surface area contributed by atoms with E-state index in [1.54, 1.807) is 60.7 Å². The predicted octanol–water partition coefficient (Wildman–Crippen LogP) is 3.13. The molecule has 0 unspecified atom stereocenters. The van der Waals surface area contributed by atoms with Gasteiger partial charge in [0.2, 0.25) is 0 Å². The summed E-state index contributed by atoms with van der Waals surface area (Å²) in [5, 5.41) is 7.74. The van der Waals surface area contributed by atoms with Crippen LogP contribution < -0.4 is 21.7 Å². The first kappa shape index (κ1) is 23.4. The lowest BCUT2D eigenvalue weighted by Crippen LogP contribution is -2.42. The third kappa shape index (κ3) is 5.25. The number of carbonyl (C=O) groups excluding carboxylic acids is 3. The Kier molecular flexibility index (Phi) is 6.96. The molecule has 0 aliphatic carbocycles. The van der Waals surface area contributed by atoms with Crippen LogP contribution in [0.1, 0.15) is 44.5 Å². The number of rotatable bonds is 6. The molecule has 0 aliphatic heterocycles. The number of benzene rings is 3. The third-order valence-corrected chi connectivity index (χ3v) is 5.25. The van der Waals surface area contributed by atoms with Crippen molar-refractivity contribution in [3.8, 4) is 0 Å². The van der Waals surface area contributed by atoms with Crippen LogP contribution in [0, 0.1) is 0 Å². The van der Waals surface area contributed by atoms with E-state index in [1.165, 1.54) is 16.8 Å². The summed E-state index contributed by atoms with van der Waals surface area (Å²) in [6, 6.07) is 21.7. The van der Waals surface area contributed by atoms with Crippen LogP contribution in [0.3, 0.4) is 0 Å². The van der Waals surface area contributed by atoms with Gasteiger partial charge >= 0.3 is 0 Å². The van der Waals surface area contributed by atoms with Crippen LogP contribution in [-0.4, -0.2) is 27.5 Å². The summed E-state index contributed by atoms with van der Waals surface area (Å²) >= 11 is 0. The van der Waals surface area contributed by atoms with E-state index >= 15 is 0 Å². The molecule has 4 rings (SSSR count). The summed E-state index contributed by atoms with van der Waals surface area (Å²) in [6.07, 6.45) is 0.671. The molecule has 0 aliphatic rings. The van der Waals surface area contributed by atoms with Gasteiger partial charge in [0.05, 0.1) is 5.39 Å². The van der Waals surface area contributed by atoms with Crippen molar-refractivity contribution in [3.05, 3.63) is 106 Å². The molecule has 0 saturated heterocycles. The van der Waals surface area contributed by atoms with E-state index in [1.807, 2.05) is 13.0 Å². The van der Waals surface area contributed by atoms with Crippen molar-refractivity contribution in [2.45, 2.75) is 19.9 Å². The monoisotopic (exact) mass is 469 g/mol. The zero-order valence-electron chi connectivity index (χ0n) is 18.9. The van der Waals surface area contributed by atoms with E-state index in [-0.39, 0.29) is 22.7 Å². The topological polar surface area (TPSA) is 122 Å². The Bertz CT molecular complexity index is 1450. The Balaban J connectivity index is 1.44. The van der Waals surface area contributed by atoms with Gasteiger partial charge < -0.3 is 5.32 Å². The number of aryl methyl sites for hydroxylation is 1. The minimum Gasteiger partial charge on any atom is -0.322 e. The minimum absolute atomic E-state index is 0.0351. The molecule has 35 heavy (non-hydrogen) atoms. The lowest BCUT2D eigenvalue weighted by molar-refractivity contribution is 0.0843. The molecule has 9 heteroatoms. The molecule has 0 saturated carbocycles. The van der Waals surface area contributed by atoms with Crippen LogP contribution >= 0.6 is 0 Å². The molecule has 0 radical (unpaired) electrons. The second-order valence-corrected chi connectivity index (χ2v) is 7.73.